The van der Waals surface area contributed by atoms with Crippen LogP contribution in [0, 0.1) is 11.8 Å². The molecule has 1 aromatic heterocycles. The smallest absolute Gasteiger partial charge is 0.250 e. The number of nitrogens with zero attached hydrogens (tertiary/aromatic N) is 1. The Morgan fingerprint density at radius 2 is 1.96 bits per heavy atom. The second-order valence-electron chi connectivity index (χ2n) is 6.28. The first-order valence-electron chi connectivity index (χ1n) is 7.86. The number of carbonyl (C=O) groups excluding carboxylic acids is 2. The predicted molar refractivity (Wildman–Crippen MR) is 91.8 cm³/mol. The van der Waals surface area contributed by atoms with E-state index >= 15 is 0 Å². The number of carbonyl (C=O) groups is 2. The average molecular weight is 374 g/mol. The van der Waals surface area contributed by atoms with Gasteiger partial charge in [-0.05, 0) is 30.2 Å². The van der Waals surface area contributed by atoms with Crippen LogP contribution in [0.1, 0.15) is 26.7 Å². The van der Waals surface area contributed by atoms with E-state index in [2.05, 4.69) is 4.72 Å². The SMILES string of the molecule is CC(C)[C@@H](NS(=O)(=O)c1cccs1)C(=O)N1CCC(C(N)=O)CC1. The zero-order chi connectivity index (χ0) is 17.9. The molecule has 1 fully saturated rings. The minimum Gasteiger partial charge on any atom is -0.369 e. The summed E-state index contributed by atoms with van der Waals surface area (Å²) < 4.78 is 27.5. The summed E-state index contributed by atoms with van der Waals surface area (Å²) in [5.41, 5.74) is 5.30. The lowest BCUT2D eigenvalue weighted by Crippen LogP contribution is -2.53. The lowest BCUT2D eigenvalue weighted by Gasteiger charge is -2.34. The van der Waals surface area contributed by atoms with Gasteiger partial charge in [-0.3, -0.25) is 9.59 Å². The van der Waals surface area contributed by atoms with Gasteiger partial charge < -0.3 is 10.6 Å². The minimum atomic E-state index is -3.72. The van der Waals surface area contributed by atoms with Crippen LogP contribution in [0.4, 0.5) is 0 Å². The number of primary amides is 1. The van der Waals surface area contributed by atoms with Crippen molar-refractivity contribution in [3.63, 3.8) is 0 Å². The largest absolute Gasteiger partial charge is 0.369 e. The fourth-order valence-electron chi connectivity index (χ4n) is 2.69. The van der Waals surface area contributed by atoms with Crippen LogP contribution < -0.4 is 10.5 Å². The Labute approximate surface area is 146 Å². The van der Waals surface area contributed by atoms with Gasteiger partial charge >= 0.3 is 0 Å². The number of hydrogen-bond donors (Lipinski definition) is 2. The van der Waals surface area contributed by atoms with E-state index in [1.807, 2.05) is 0 Å². The number of piperidine rings is 1. The summed E-state index contributed by atoms with van der Waals surface area (Å²) in [5, 5.41) is 1.68. The molecule has 134 valence electrons. The van der Waals surface area contributed by atoms with E-state index in [1.165, 1.54) is 6.07 Å². The molecule has 2 heterocycles. The molecule has 0 aromatic carbocycles. The summed E-state index contributed by atoms with van der Waals surface area (Å²) in [5.74, 6) is -1.01. The normalized spacial score (nSPS) is 17.9. The molecule has 3 N–H and O–H groups in total. The van der Waals surface area contributed by atoms with Crippen LogP contribution in [0.25, 0.3) is 0 Å². The summed E-state index contributed by atoms with van der Waals surface area (Å²) in [6.07, 6.45) is 1.03. The molecule has 24 heavy (non-hydrogen) atoms. The van der Waals surface area contributed by atoms with E-state index in [1.54, 1.807) is 30.2 Å². The van der Waals surface area contributed by atoms with E-state index in [4.69, 9.17) is 5.73 Å². The topological polar surface area (TPSA) is 110 Å². The second kappa shape index (κ2) is 7.62. The van der Waals surface area contributed by atoms with Crippen molar-refractivity contribution in [2.75, 3.05) is 13.1 Å². The Kier molecular flexibility index (Phi) is 6.00. The number of amides is 2. The Morgan fingerprint density at radius 1 is 1.33 bits per heavy atom. The van der Waals surface area contributed by atoms with Crippen molar-refractivity contribution in [2.45, 2.75) is 36.9 Å². The molecule has 1 saturated heterocycles. The summed E-state index contributed by atoms with van der Waals surface area (Å²) in [6.45, 7) is 4.43. The Balaban J connectivity index is 2.08. The molecule has 7 nitrogen and oxygen atoms in total. The monoisotopic (exact) mass is 373 g/mol. The number of rotatable bonds is 6. The van der Waals surface area contributed by atoms with Gasteiger partial charge in [-0.25, -0.2) is 8.42 Å². The zero-order valence-corrected chi connectivity index (χ0v) is 15.4. The Bertz CT molecular complexity index is 678. The molecule has 0 spiro atoms. The van der Waals surface area contributed by atoms with E-state index in [-0.39, 0.29) is 27.9 Å². The molecule has 1 atom stereocenters. The summed E-state index contributed by atoms with van der Waals surface area (Å²) in [7, 11) is -3.72. The Hall–Kier alpha value is -1.45. The van der Waals surface area contributed by atoms with Crippen LogP contribution in [0.2, 0.25) is 0 Å². The number of likely N-dealkylation sites (tertiary alicyclic amines) is 1. The third kappa shape index (κ3) is 4.34. The third-order valence-electron chi connectivity index (χ3n) is 4.18. The van der Waals surface area contributed by atoms with E-state index in [0.29, 0.717) is 25.9 Å². The average Bonchev–Trinajstić information content (AvgIpc) is 3.07. The van der Waals surface area contributed by atoms with Crippen LogP contribution in [0.15, 0.2) is 21.7 Å². The van der Waals surface area contributed by atoms with Gasteiger partial charge in [0.2, 0.25) is 11.8 Å². The molecule has 1 aliphatic rings. The van der Waals surface area contributed by atoms with Gasteiger partial charge in [-0.2, -0.15) is 4.72 Å². The molecule has 2 amide bonds. The first-order chi connectivity index (χ1) is 11.2. The van der Waals surface area contributed by atoms with Gasteiger partial charge in [0.15, 0.2) is 0 Å². The molecular weight excluding hydrogens is 350 g/mol. The van der Waals surface area contributed by atoms with Crippen LogP contribution >= 0.6 is 11.3 Å². The van der Waals surface area contributed by atoms with Crippen LogP contribution in [-0.4, -0.2) is 44.3 Å². The first kappa shape index (κ1) is 18.9. The van der Waals surface area contributed by atoms with Crippen molar-refractivity contribution in [3.05, 3.63) is 17.5 Å². The number of nitrogens with one attached hydrogen (secondary N) is 1. The molecule has 1 aliphatic heterocycles. The van der Waals surface area contributed by atoms with Gasteiger partial charge in [0.05, 0.1) is 0 Å². The number of thiophene rings is 1. The fourth-order valence-corrected chi connectivity index (χ4v) is 5.04. The zero-order valence-electron chi connectivity index (χ0n) is 13.8. The van der Waals surface area contributed by atoms with Crippen LogP contribution in [-0.2, 0) is 19.6 Å². The van der Waals surface area contributed by atoms with Gasteiger partial charge in [0.1, 0.15) is 10.3 Å². The maximum atomic E-state index is 12.7. The number of hydrogen-bond acceptors (Lipinski definition) is 5. The second-order valence-corrected chi connectivity index (χ2v) is 9.17. The summed E-state index contributed by atoms with van der Waals surface area (Å²) in [4.78, 5) is 25.6. The van der Waals surface area contributed by atoms with E-state index in [9.17, 15) is 18.0 Å². The van der Waals surface area contributed by atoms with Crippen molar-refractivity contribution < 1.29 is 18.0 Å². The predicted octanol–water partition coefficient (Wildman–Crippen LogP) is 0.775. The van der Waals surface area contributed by atoms with Gasteiger partial charge in [0, 0.05) is 19.0 Å². The highest BCUT2D eigenvalue weighted by Gasteiger charge is 2.34. The number of nitrogens with two attached hydrogens (primary N) is 1. The molecular formula is C15H23N3O4S2. The van der Waals surface area contributed by atoms with Gasteiger partial charge in [0.25, 0.3) is 10.0 Å². The molecule has 0 unspecified atom stereocenters. The molecule has 2 rings (SSSR count). The van der Waals surface area contributed by atoms with Crippen molar-refractivity contribution in [2.24, 2.45) is 17.6 Å². The Morgan fingerprint density at radius 3 is 2.42 bits per heavy atom. The van der Waals surface area contributed by atoms with Crippen molar-refractivity contribution in [3.8, 4) is 0 Å². The highest BCUT2D eigenvalue weighted by atomic mass is 32.2. The molecule has 9 heteroatoms. The summed E-state index contributed by atoms with van der Waals surface area (Å²) in [6, 6.07) is 2.33. The van der Waals surface area contributed by atoms with E-state index < -0.39 is 16.1 Å². The first-order valence-corrected chi connectivity index (χ1v) is 10.2. The van der Waals surface area contributed by atoms with Crippen molar-refractivity contribution >= 4 is 33.2 Å². The molecule has 0 saturated carbocycles. The van der Waals surface area contributed by atoms with Crippen molar-refractivity contribution in [1.29, 1.82) is 0 Å². The highest BCUT2D eigenvalue weighted by molar-refractivity contribution is 7.91. The lowest BCUT2D eigenvalue weighted by molar-refractivity contribution is -0.137. The highest BCUT2D eigenvalue weighted by Crippen LogP contribution is 2.21. The summed E-state index contributed by atoms with van der Waals surface area (Å²) >= 11 is 1.11. The van der Waals surface area contributed by atoms with Gasteiger partial charge in [-0.1, -0.05) is 19.9 Å². The molecule has 0 radical (unpaired) electrons. The fraction of sp³-hybridized carbons (Fsp3) is 0.600. The molecule has 0 aliphatic carbocycles. The van der Waals surface area contributed by atoms with Crippen LogP contribution in [0.3, 0.4) is 0 Å². The lowest BCUT2D eigenvalue weighted by atomic mass is 9.95. The van der Waals surface area contributed by atoms with Crippen LogP contribution in [0.5, 0.6) is 0 Å². The van der Waals surface area contributed by atoms with E-state index in [0.717, 1.165) is 11.3 Å². The number of sulfonamides is 1. The molecule has 0 bridgehead atoms. The standard InChI is InChI=1S/C15H23N3O4S2/c1-10(2)13(17-24(21,22)12-4-3-9-23-12)15(20)18-7-5-11(6-8-18)14(16)19/h3-4,9-11,13,17H,5-8H2,1-2H3,(H2,16,19)/t13-/m1/s1. The maximum Gasteiger partial charge on any atom is 0.250 e. The van der Waals surface area contributed by atoms with Crippen molar-refractivity contribution in [1.82, 2.24) is 9.62 Å². The quantitative estimate of drug-likeness (QED) is 0.767. The minimum absolute atomic E-state index is 0.188. The molecule has 1 aromatic rings. The maximum absolute atomic E-state index is 12.7. The van der Waals surface area contributed by atoms with Gasteiger partial charge in [-0.15, -0.1) is 11.3 Å². The third-order valence-corrected chi connectivity index (χ3v) is 7.02.